The lowest BCUT2D eigenvalue weighted by Gasteiger charge is -2.23. The van der Waals surface area contributed by atoms with Crippen molar-refractivity contribution < 1.29 is 13.2 Å². The van der Waals surface area contributed by atoms with Gasteiger partial charge in [-0.2, -0.15) is 0 Å². The van der Waals surface area contributed by atoms with E-state index in [9.17, 15) is 8.42 Å². The number of sulfonamides is 1. The number of nitrogens with one attached hydrogen (secondary N) is 1. The van der Waals surface area contributed by atoms with Gasteiger partial charge >= 0.3 is 0 Å². The molecule has 0 bridgehead atoms. The van der Waals surface area contributed by atoms with Gasteiger partial charge < -0.3 is 10.5 Å². The first-order chi connectivity index (χ1) is 9.44. The number of nitrogens with two attached hydrogens (primary N) is 1. The highest BCUT2D eigenvalue weighted by Crippen LogP contribution is 2.21. The highest BCUT2D eigenvalue weighted by atomic mass is 32.2. The van der Waals surface area contributed by atoms with Gasteiger partial charge in [-0.3, -0.25) is 0 Å². The molecule has 0 atom stereocenters. The Balaban J connectivity index is 2.28. The van der Waals surface area contributed by atoms with Crippen molar-refractivity contribution in [2.45, 2.75) is 44.2 Å². The molecule has 0 radical (unpaired) electrons. The lowest BCUT2D eigenvalue weighted by molar-refractivity contribution is 0.0832. The van der Waals surface area contributed by atoms with E-state index in [2.05, 4.69) is 4.72 Å². The molecule has 0 amide bonds. The van der Waals surface area contributed by atoms with Gasteiger partial charge in [0.1, 0.15) is 0 Å². The Bertz CT molecular complexity index is 578. The lowest BCUT2D eigenvalue weighted by Crippen LogP contribution is -2.39. The molecule has 1 heterocycles. The standard InChI is InChI=1S/C14H22N2O3S/c1-10-7-11(2)14(8-12(10)9-15)20(17,18)16-13-3-5-19-6-4-13/h7-8,13,16H,3-6,9,15H2,1-2H3. The minimum atomic E-state index is -3.50. The Morgan fingerprint density at radius 1 is 1.25 bits per heavy atom. The van der Waals surface area contributed by atoms with Gasteiger partial charge in [-0.25, -0.2) is 13.1 Å². The monoisotopic (exact) mass is 298 g/mol. The summed E-state index contributed by atoms with van der Waals surface area (Å²) in [6, 6.07) is 3.52. The van der Waals surface area contributed by atoms with Crippen molar-refractivity contribution in [1.29, 1.82) is 0 Å². The summed E-state index contributed by atoms with van der Waals surface area (Å²) in [4.78, 5) is 0.329. The molecule has 1 saturated heterocycles. The van der Waals surface area contributed by atoms with Crippen LogP contribution in [0.25, 0.3) is 0 Å². The molecular weight excluding hydrogens is 276 g/mol. The van der Waals surface area contributed by atoms with Gasteiger partial charge in [-0.05, 0) is 49.4 Å². The zero-order valence-corrected chi connectivity index (χ0v) is 12.8. The van der Waals surface area contributed by atoms with Crippen LogP contribution in [0.4, 0.5) is 0 Å². The summed E-state index contributed by atoms with van der Waals surface area (Å²) in [6.45, 7) is 5.30. The molecule has 1 aliphatic rings. The molecule has 1 aliphatic heterocycles. The van der Waals surface area contributed by atoms with Crippen LogP contribution in [0.15, 0.2) is 17.0 Å². The second-order valence-corrected chi connectivity index (χ2v) is 6.94. The summed E-state index contributed by atoms with van der Waals surface area (Å²) in [5, 5.41) is 0. The van der Waals surface area contributed by atoms with Gasteiger partial charge in [0.05, 0.1) is 4.90 Å². The molecule has 3 N–H and O–H groups in total. The molecule has 0 spiro atoms. The third-order valence-corrected chi connectivity index (χ3v) is 5.35. The van der Waals surface area contributed by atoms with Crippen LogP contribution in [0.2, 0.25) is 0 Å². The first kappa shape index (κ1) is 15.4. The van der Waals surface area contributed by atoms with E-state index in [1.54, 1.807) is 6.07 Å². The molecule has 1 aromatic carbocycles. The minimum Gasteiger partial charge on any atom is -0.381 e. The summed E-state index contributed by atoms with van der Waals surface area (Å²) >= 11 is 0. The van der Waals surface area contributed by atoms with E-state index in [0.29, 0.717) is 37.5 Å². The Hall–Kier alpha value is -0.950. The van der Waals surface area contributed by atoms with Gasteiger partial charge in [0.2, 0.25) is 10.0 Å². The van der Waals surface area contributed by atoms with E-state index >= 15 is 0 Å². The summed E-state index contributed by atoms with van der Waals surface area (Å²) in [5.41, 5.74) is 8.30. The van der Waals surface area contributed by atoms with Crippen LogP contribution >= 0.6 is 0 Å². The van der Waals surface area contributed by atoms with Crippen molar-refractivity contribution in [2.24, 2.45) is 5.73 Å². The van der Waals surface area contributed by atoms with Crippen molar-refractivity contribution in [1.82, 2.24) is 4.72 Å². The average molecular weight is 298 g/mol. The second-order valence-electron chi connectivity index (χ2n) is 5.26. The van der Waals surface area contributed by atoms with Crippen LogP contribution < -0.4 is 10.5 Å². The maximum Gasteiger partial charge on any atom is 0.241 e. The molecule has 6 heteroatoms. The molecule has 1 fully saturated rings. The predicted molar refractivity (Wildman–Crippen MR) is 78.0 cm³/mol. The third-order valence-electron chi connectivity index (χ3n) is 3.69. The van der Waals surface area contributed by atoms with Crippen LogP contribution in [0.1, 0.15) is 29.5 Å². The zero-order chi connectivity index (χ0) is 14.8. The number of hydrogen-bond acceptors (Lipinski definition) is 4. The Morgan fingerprint density at radius 2 is 1.90 bits per heavy atom. The largest absolute Gasteiger partial charge is 0.381 e. The molecular formula is C14H22N2O3S. The number of rotatable bonds is 4. The van der Waals surface area contributed by atoms with Gasteiger partial charge in [0.25, 0.3) is 0 Å². The average Bonchev–Trinajstić information content (AvgIpc) is 2.39. The molecule has 2 rings (SSSR count). The van der Waals surface area contributed by atoms with Crippen LogP contribution in [-0.4, -0.2) is 27.7 Å². The lowest BCUT2D eigenvalue weighted by atomic mass is 10.1. The topological polar surface area (TPSA) is 81.4 Å². The summed E-state index contributed by atoms with van der Waals surface area (Å²) in [7, 11) is -3.50. The predicted octanol–water partition coefficient (Wildman–Crippen LogP) is 1.22. The number of aryl methyl sites for hydroxylation is 2. The first-order valence-electron chi connectivity index (χ1n) is 6.84. The van der Waals surface area contributed by atoms with Crippen molar-refractivity contribution in [3.05, 3.63) is 28.8 Å². The van der Waals surface area contributed by atoms with Crippen LogP contribution in [0.3, 0.4) is 0 Å². The smallest absolute Gasteiger partial charge is 0.241 e. The quantitative estimate of drug-likeness (QED) is 0.875. The summed E-state index contributed by atoms with van der Waals surface area (Å²) in [6.07, 6.45) is 1.43. The van der Waals surface area contributed by atoms with Crippen molar-refractivity contribution in [3.63, 3.8) is 0 Å². The van der Waals surface area contributed by atoms with Crippen molar-refractivity contribution in [3.8, 4) is 0 Å². The van der Waals surface area contributed by atoms with Gasteiger partial charge in [-0.1, -0.05) is 6.07 Å². The fourth-order valence-corrected chi connectivity index (χ4v) is 4.06. The molecule has 0 saturated carbocycles. The molecule has 0 aromatic heterocycles. The van der Waals surface area contributed by atoms with Crippen LogP contribution in [-0.2, 0) is 21.3 Å². The highest BCUT2D eigenvalue weighted by Gasteiger charge is 2.24. The maximum atomic E-state index is 12.5. The van der Waals surface area contributed by atoms with E-state index in [1.807, 2.05) is 19.9 Å². The Labute approximate surface area is 120 Å². The summed E-state index contributed by atoms with van der Waals surface area (Å²) < 4.78 is 33.0. The molecule has 20 heavy (non-hydrogen) atoms. The van der Waals surface area contributed by atoms with Crippen molar-refractivity contribution >= 4 is 10.0 Å². The number of benzene rings is 1. The van der Waals surface area contributed by atoms with E-state index in [-0.39, 0.29) is 6.04 Å². The third kappa shape index (κ3) is 3.38. The molecule has 0 aliphatic carbocycles. The first-order valence-corrected chi connectivity index (χ1v) is 8.32. The van der Waals surface area contributed by atoms with Gasteiger partial charge in [0, 0.05) is 25.8 Å². The minimum absolute atomic E-state index is 0.0456. The molecule has 112 valence electrons. The Kier molecular flexibility index (Phi) is 4.80. The molecule has 5 nitrogen and oxygen atoms in total. The fourth-order valence-electron chi connectivity index (χ4n) is 2.48. The van der Waals surface area contributed by atoms with Crippen LogP contribution in [0.5, 0.6) is 0 Å². The SMILES string of the molecule is Cc1cc(C)c(S(=O)(=O)NC2CCOCC2)cc1CN. The van der Waals surface area contributed by atoms with E-state index < -0.39 is 10.0 Å². The van der Waals surface area contributed by atoms with Crippen molar-refractivity contribution in [2.75, 3.05) is 13.2 Å². The molecule has 1 aromatic rings. The second kappa shape index (κ2) is 6.22. The Morgan fingerprint density at radius 3 is 2.50 bits per heavy atom. The highest BCUT2D eigenvalue weighted by molar-refractivity contribution is 7.89. The maximum absolute atomic E-state index is 12.5. The zero-order valence-electron chi connectivity index (χ0n) is 12.0. The van der Waals surface area contributed by atoms with E-state index in [0.717, 1.165) is 16.7 Å². The number of hydrogen-bond donors (Lipinski definition) is 2. The van der Waals surface area contributed by atoms with E-state index in [1.165, 1.54) is 0 Å². The normalized spacial score (nSPS) is 17.4. The summed E-state index contributed by atoms with van der Waals surface area (Å²) in [5.74, 6) is 0. The van der Waals surface area contributed by atoms with Crippen LogP contribution in [0, 0.1) is 13.8 Å². The molecule has 0 unspecified atom stereocenters. The fraction of sp³-hybridized carbons (Fsp3) is 0.571. The van der Waals surface area contributed by atoms with Gasteiger partial charge in [-0.15, -0.1) is 0 Å². The van der Waals surface area contributed by atoms with E-state index in [4.69, 9.17) is 10.5 Å². The number of ether oxygens (including phenoxy) is 1. The van der Waals surface area contributed by atoms with Gasteiger partial charge in [0.15, 0.2) is 0 Å².